The lowest BCUT2D eigenvalue weighted by molar-refractivity contribution is -0.113. The lowest BCUT2D eigenvalue weighted by Crippen LogP contribution is -1.84. The van der Waals surface area contributed by atoms with Crippen LogP contribution < -0.4 is 5.73 Å². The fourth-order valence-electron chi connectivity index (χ4n) is 2.13. The molecule has 0 aliphatic heterocycles. The fourth-order valence-corrected chi connectivity index (χ4v) is 2.13. The predicted octanol–water partition coefficient (Wildman–Crippen LogP) is 4.07. The Bertz CT molecular complexity index is 863. The highest BCUT2D eigenvalue weighted by atomic mass is 16.1. The molecule has 0 bridgehead atoms. The number of rotatable bonds is 3. The Kier molecular flexibility index (Phi) is 3.78. The summed E-state index contributed by atoms with van der Waals surface area (Å²) in [5.41, 5.74) is 6.79. The minimum atomic E-state index is -0.430. The van der Waals surface area contributed by atoms with Crippen molar-refractivity contribution in [3.8, 4) is 0 Å². The van der Waals surface area contributed by atoms with Gasteiger partial charge in [0.1, 0.15) is 5.82 Å². The Morgan fingerprint density at radius 1 is 1.00 bits per heavy atom. The van der Waals surface area contributed by atoms with Gasteiger partial charge in [0, 0.05) is 16.8 Å². The molecule has 0 saturated carbocycles. The van der Waals surface area contributed by atoms with Gasteiger partial charge in [-0.2, -0.15) is 0 Å². The maximum atomic E-state index is 11.7. The number of carbonyl (C=O) groups is 1. The van der Waals surface area contributed by atoms with E-state index in [4.69, 9.17) is 5.73 Å². The summed E-state index contributed by atoms with van der Waals surface area (Å²) in [7, 11) is 0. The molecule has 1 heterocycles. The van der Waals surface area contributed by atoms with E-state index in [0.29, 0.717) is 11.6 Å². The van der Waals surface area contributed by atoms with Crippen LogP contribution in [0.2, 0.25) is 0 Å². The summed E-state index contributed by atoms with van der Waals surface area (Å²) in [6, 6.07) is 17.1. The van der Waals surface area contributed by atoms with E-state index in [0.717, 1.165) is 16.3 Å². The van der Waals surface area contributed by atoms with Gasteiger partial charge in [0.15, 0.2) is 5.82 Å². The SMILES string of the molecule is Nc1[nH]c(N=NC(=O)/C=C/c2ccccc2)c2ccccc12. The quantitative estimate of drug-likeness (QED) is 0.563. The average molecular weight is 290 g/mol. The number of benzene rings is 2. The zero-order valence-corrected chi connectivity index (χ0v) is 11.7. The third kappa shape index (κ3) is 2.93. The lowest BCUT2D eigenvalue weighted by atomic mass is 10.2. The molecule has 0 unspecified atom stereocenters. The molecular formula is C17H14N4O. The molecule has 0 saturated heterocycles. The van der Waals surface area contributed by atoms with E-state index in [1.54, 1.807) is 6.08 Å². The van der Waals surface area contributed by atoms with Crippen molar-refractivity contribution in [2.75, 3.05) is 5.73 Å². The zero-order valence-electron chi connectivity index (χ0n) is 11.7. The molecule has 2 aromatic carbocycles. The second-order valence-corrected chi connectivity index (χ2v) is 4.72. The van der Waals surface area contributed by atoms with E-state index >= 15 is 0 Å². The molecule has 0 fully saturated rings. The summed E-state index contributed by atoms with van der Waals surface area (Å²) in [4.78, 5) is 14.7. The van der Waals surface area contributed by atoms with Gasteiger partial charge in [-0.3, -0.25) is 4.79 Å². The number of azo groups is 1. The second-order valence-electron chi connectivity index (χ2n) is 4.72. The third-order valence-corrected chi connectivity index (χ3v) is 3.19. The lowest BCUT2D eigenvalue weighted by Gasteiger charge is -1.90. The molecule has 0 atom stereocenters. The number of nitrogen functional groups attached to an aromatic ring is 1. The number of nitrogens with zero attached hydrogens (tertiary/aromatic N) is 2. The molecule has 3 rings (SSSR count). The summed E-state index contributed by atoms with van der Waals surface area (Å²) in [6.45, 7) is 0. The van der Waals surface area contributed by atoms with Crippen LogP contribution in [-0.4, -0.2) is 10.9 Å². The second kappa shape index (κ2) is 6.05. The van der Waals surface area contributed by atoms with Crippen molar-refractivity contribution in [3.05, 3.63) is 66.2 Å². The zero-order chi connectivity index (χ0) is 15.4. The number of anilines is 1. The van der Waals surface area contributed by atoms with Gasteiger partial charge in [0.2, 0.25) is 0 Å². The Hall–Kier alpha value is -3.21. The Morgan fingerprint density at radius 2 is 1.68 bits per heavy atom. The molecule has 0 spiro atoms. The molecule has 5 heteroatoms. The minimum Gasteiger partial charge on any atom is -0.385 e. The van der Waals surface area contributed by atoms with Crippen LogP contribution in [0.15, 0.2) is 70.9 Å². The Labute approximate surface area is 127 Å². The van der Waals surface area contributed by atoms with E-state index in [1.165, 1.54) is 6.08 Å². The molecule has 1 aromatic heterocycles. The molecule has 108 valence electrons. The van der Waals surface area contributed by atoms with Crippen molar-refractivity contribution in [3.63, 3.8) is 0 Å². The maximum absolute atomic E-state index is 11.7. The van der Waals surface area contributed by atoms with E-state index < -0.39 is 5.91 Å². The molecule has 22 heavy (non-hydrogen) atoms. The van der Waals surface area contributed by atoms with E-state index in [1.807, 2.05) is 54.6 Å². The van der Waals surface area contributed by atoms with Gasteiger partial charge < -0.3 is 10.7 Å². The number of H-pyrrole nitrogens is 1. The highest BCUT2D eigenvalue weighted by Gasteiger charge is 2.06. The number of nitrogens with two attached hydrogens (primary N) is 1. The normalized spacial score (nSPS) is 11.6. The van der Waals surface area contributed by atoms with Gasteiger partial charge in [-0.05, 0) is 11.6 Å². The van der Waals surface area contributed by atoms with Gasteiger partial charge in [-0.15, -0.1) is 10.2 Å². The maximum Gasteiger partial charge on any atom is 0.288 e. The van der Waals surface area contributed by atoms with Crippen molar-refractivity contribution in [2.24, 2.45) is 10.2 Å². The first-order valence-electron chi connectivity index (χ1n) is 6.79. The summed E-state index contributed by atoms with van der Waals surface area (Å²) < 4.78 is 0. The van der Waals surface area contributed by atoms with Gasteiger partial charge in [0.25, 0.3) is 5.91 Å². The van der Waals surface area contributed by atoms with Gasteiger partial charge in [0.05, 0.1) is 0 Å². The van der Waals surface area contributed by atoms with E-state index in [9.17, 15) is 4.79 Å². The molecule has 0 aliphatic carbocycles. The highest BCUT2D eigenvalue weighted by molar-refractivity contribution is 6.00. The molecule has 0 radical (unpaired) electrons. The average Bonchev–Trinajstić information content (AvgIpc) is 2.89. The Morgan fingerprint density at radius 3 is 2.45 bits per heavy atom. The predicted molar refractivity (Wildman–Crippen MR) is 87.7 cm³/mol. The fraction of sp³-hybridized carbons (Fsp3) is 0. The van der Waals surface area contributed by atoms with Gasteiger partial charge >= 0.3 is 0 Å². The van der Waals surface area contributed by atoms with Crippen LogP contribution in [0.1, 0.15) is 5.56 Å². The van der Waals surface area contributed by atoms with Crippen molar-refractivity contribution in [2.45, 2.75) is 0 Å². The van der Waals surface area contributed by atoms with Crippen molar-refractivity contribution in [1.82, 2.24) is 4.98 Å². The smallest absolute Gasteiger partial charge is 0.288 e. The number of aromatic amines is 1. The summed E-state index contributed by atoms with van der Waals surface area (Å²) in [5, 5.41) is 9.34. The number of aromatic nitrogens is 1. The molecule has 3 N–H and O–H groups in total. The molecule has 5 nitrogen and oxygen atoms in total. The third-order valence-electron chi connectivity index (χ3n) is 3.19. The van der Waals surface area contributed by atoms with Crippen LogP contribution in [-0.2, 0) is 4.79 Å². The molecular weight excluding hydrogens is 276 g/mol. The number of hydrogen-bond donors (Lipinski definition) is 2. The first-order valence-corrected chi connectivity index (χ1v) is 6.79. The minimum absolute atomic E-state index is 0.430. The van der Waals surface area contributed by atoms with Crippen LogP contribution in [0, 0.1) is 0 Å². The first-order chi connectivity index (χ1) is 10.7. The van der Waals surface area contributed by atoms with Gasteiger partial charge in [-0.25, -0.2) is 0 Å². The van der Waals surface area contributed by atoms with Gasteiger partial charge in [-0.1, -0.05) is 54.6 Å². The number of carbonyl (C=O) groups excluding carboxylic acids is 1. The van der Waals surface area contributed by atoms with Crippen LogP contribution in [0.3, 0.4) is 0 Å². The van der Waals surface area contributed by atoms with Crippen molar-refractivity contribution >= 4 is 34.4 Å². The van der Waals surface area contributed by atoms with Crippen LogP contribution >= 0.6 is 0 Å². The van der Waals surface area contributed by atoms with E-state index in [2.05, 4.69) is 15.2 Å². The molecule has 3 aromatic rings. The van der Waals surface area contributed by atoms with Crippen LogP contribution in [0.5, 0.6) is 0 Å². The number of fused-ring (bicyclic) bond motifs is 1. The summed E-state index contributed by atoms with van der Waals surface area (Å²) in [5.74, 6) is 0.562. The first kappa shape index (κ1) is 13.8. The van der Waals surface area contributed by atoms with Crippen LogP contribution in [0.25, 0.3) is 16.8 Å². The Balaban J connectivity index is 1.78. The number of nitrogens with one attached hydrogen (secondary N) is 1. The summed E-state index contributed by atoms with van der Waals surface area (Å²) >= 11 is 0. The molecule has 0 aliphatic rings. The molecule has 1 amide bonds. The number of hydrogen-bond acceptors (Lipinski definition) is 3. The number of amides is 1. The van der Waals surface area contributed by atoms with Crippen molar-refractivity contribution in [1.29, 1.82) is 0 Å². The van der Waals surface area contributed by atoms with Crippen LogP contribution in [0.4, 0.5) is 11.6 Å². The monoisotopic (exact) mass is 290 g/mol. The highest BCUT2D eigenvalue weighted by Crippen LogP contribution is 2.30. The topological polar surface area (TPSA) is 83.6 Å². The van der Waals surface area contributed by atoms with Crippen molar-refractivity contribution < 1.29 is 4.79 Å². The van der Waals surface area contributed by atoms with E-state index in [-0.39, 0.29) is 0 Å². The summed E-state index contributed by atoms with van der Waals surface area (Å²) in [6.07, 6.45) is 3.08. The largest absolute Gasteiger partial charge is 0.385 e. The standard InChI is InChI=1S/C17H14N4O/c18-16-13-8-4-5-9-14(13)17(19-16)21-20-15(22)11-10-12-6-2-1-3-7-12/h1-11,19H,18H2/b11-10+,21-20?.